The first-order valence-corrected chi connectivity index (χ1v) is 4.25. The number of carbonyl (C=O) groups is 2. The molecule has 0 aliphatic rings. The standard InChI is InChI=1S/C7H12N6O2/c8-4(1-5(9)14)7(15)10-2-6-11-3-12-13-6/h3-4H,1-2,8H2,(H2,9,14)(H,10,15)(H,11,12,13). The minimum atomic E-state index is -0.926. The van der Waals surface area contributed by atoms with Crippen LogP contribution in [0.2, 0.25) is 0 Å². The molecule has 1 aromatic rings. The van der Waals surface area contributed by atoms with Gasteiger partial charge in [0.1, 0.15) is 12.2 Å². The van der Waals surface area contributed by atoms with Crippen molar-refractivity contribution in [2.75, 3.05) is 0 Å². The lowest BCUT2D eigenvalue weighted by molar-refractivity contribution is -0.126. The van der Waals surface area contributed by atoms with Crippen LogP contribution in [0.5, 0.6) is 0 Å². The van der Waals surface area contributed by atoms with E-state index in [0.717, 1.165) is 0 Å². The maximum Gasteiger partial charge on any atom is 0.237 e. The molecule has 0 fully saturated rings. The molecule has 8 heteroatoms. The van der Waals surface area contributed by atoms with Crippen molar-refractivity contribution in [3.8, 4) is 0 Å². The van der Waals surface area contributed by atoms with Crippen molar-refractivity contribution in [3.05, 3.63) is 12.2 Å². The van der Waals surface area contributed by atoms with Crippen molar-refractivity contribution in [1.29, 1.82) is 0 Å². The van der Waals surface area contributed by atoms with Crippen LogP contribution in [0.15, 0.2) is 6.33 Å². The Morgan fingerprint density at radius 1 is 1.60 bits per heavy atom. The molecule has 0 saturated carbocycles. The van der Waals surface area contributed by atoms with E-state index in [1.165, 1.54) is 6.33 Å². The van der Waals surface area contributed by atoms with E-state index >= 15 is 0 Å². The number of carbonyl (C=O) groups excluding carboxylic acids is 2. The summed E-state index contributed by atoms with van der Waals surface area (Å²) in [6, 6.07) is -0.926. The van der Waals surface area contributed by atoms with Crippen LogP contribution in [0, 0.1) is 0 Å². The average molecular weight is 212 g/mol. The molecule has 1 atom stereocenters. The quantitative estimate of drug-likeness (QED) is 0.431. The summed E-state index contributed by atoms with van der Waals surface area (Å²) in [5.41, 5.74) is 10.3. The van der Waals surface area contributed by atoms with Gasteiger partial charge in [-0.15, -0.1) is 0 Å². The smallest absolute Gasteiger partial charge is 0.237 e. The molecule has 0 aliphatic carbocycles. The van der Waals surface area contributed by atoms with Crippen molar-refractivity contribution in [2.45, 2.75) is 19.0 Å². The summed E-state index contributed by atoms with van der Waals surface area (Å²) in [4.78, 5) is 25.5. The van der Waals surface area contributed by atoms with Crippen LogP contribution in [-0.4, -0.2) is 33.0 Å². The number of aromatic nitrogens is 3. The Morgan fingerprint density at radius 3 is 2.87 bits per heavy atom. The molecule has 1 heterocycles. The van der Waals surface area contributed by atoms with Gasteiger partial charge >= 0.3 is 0 Å². The van der Waals surface area contributed by atoms with E-state index in [-0.39, 0.29) is 13.0 Å². The van der Waals surface area contributed by atoms with Gasteiger partial charge in [0.15, 0.2) is 0 Å². The van der Waals surface area contributed by atoms with Crippen LogP contribution >= 0.6 is 0 Å². The lowest BCUT2D eigenvalue weighted by Crippen LogP contribution is -2.42. The molecular formula is C7H12N6O2. The summed E-state index contributed by atoms with van der Waals surface area (Å²) in [6.45, 7) is 0.186. The summed E-state index contributed by atoms with van der Waals surface area (Å²) in [7, 11) is 0. The van der Waals surface area contributed by atoms with Gasteiger partial charge in [-0.3, -0.25) is 14.7 Å². The first-order valence-electron chi connectivity index (χ1n) is 4.25. The van der Waals surface area contributed by atoms with Crippen LogP contribution in [0.1, 0.15) is 12.2 Å². The van der Waals surface area contributed by atoms with Crippen LogP contribution in [0.3, 0.4) is 0 Å². The first-order chi connectivity index (χ1) is 7.09. The Labute approximate surface area is 85.4 Å². The molecule has 1 unspecified atom stereocenters. The Hall–Kier alpha value is -1.96. The summed E-state index contributed by atoms with van der Waals surface area (Å²) in [5.74, 6) is -0.558. The highest BCUT2D eigenvalue weighted by molar-refractivity contribution is 5.87. The molecular weight excluding hydrogens is 200 g/mol. The van der Waals surface area contributed by atoms with Crippen molar-refractivity contribution in [1.82, 2.24) is 20.5 Å². The van der Waals surface area contributed by atoms with Gasteiger partial charge < -0.3 is 16.8 Å². The van der Waals surface area contributed by atoms with Crippen LogP contribution in [0.4, 0.5) is 0 Å². The van der Waals surface area contributed by atoms with Gasteiger partial charge in [-0.1, -0.05) is 0 Å². The number of H-pyrrole nitrogens is 1. The number of nitrogens with two attached hydrogens (primary N) is 2. The second kappa shape index (κ2) is 5.05. The number of aromatic amines is 1. The third-order valence-corrected chi connectivity index (χ3v) is 1.65. The second-order valence-corrected chi connectivity index (χ2v) is 2.93. The van der Waals surface area contributed by atoms with E-state index < -0.39 is 17.9 Å². The number of rotatable bonds is 5. The Balaban J connectivity index is 2.32. The number of nitrogens with one attached hydrogen (secondary N) is 2. The Morgan fingerprint density at radius 2 is 2.33 bits per heavy atom. The number of hydrogen-bond acceptors (Lipinski definition) is 5. The normalized spacial score (nSPS) is 12.1. The SMILES string of the molecule is NC(=O)CC(N)C(=O)NCc1ncn[nH]1. The molecule has 0 spiro atoms. The molecule has 15 heavy (non-hydrogen) atoms. The van der Waals surface area contributed by atoms with E-state index in [2.05, 4.69) is 20.5 Å². The predicted molar refractivity (Wildman–Crippen MR) is 50.0 cm³/mol. The van der Waals surface area contributed by atoms with Gasteiger partial charge in [0.25, 0.3) is 0 Å². The van der Waals surface area contributed by atoms with E-state index in [1.54, 1.807) is 0 Å². The molecule has 0 aromatic carbocycles. The van der Waals surface area contributed by atoms with Crippen molar-refractivity contribution in [2.24, 2.45) is 11.5 Å². The third-order valence-electron chi connectivity index (χ3n) is 1.65. The molecule has 0 bridgehead atoms. The van der Waals surface area contributed by atoms with Crippen LogP contribution in [-0.2, 0) is 16.1 Å². The Kier molecular flexibility index (Phi) is 3.75. The zero-order valence-electron chi connectivity index (χ0n) is 7.93. The Bertz CT molecular complexity index is 335. The van der Waals surface area contributed by atoms with E-state index in [1.807, 2.05) is 0 Å². The average Bonchev–Trinajstić information content (AvgIpc) is 2.65. The highest BCUT2D eigenvalue weighted by Crippen LogP contribution is 1.89. The molecule has 0 saturated heterocycles. The van der Waals surface area contributed by atoms with Gasteiger partial charge in [0, 0.05) is 0 Å². The number of primary amides is 1. The third kappa shape index (κ3) is 3.73. The molecule has 0 aliphatic heterocycles. The molecule has 2 amide bonds. The molecule has 1 aromatic heterocycles. The van der Waals surface area contributed by atoms with Crippen molar-refractivity contribution < 1.29 is 9.59 Å². The fraction of sp³-hybridized carbons (Fsp3) is 0.429. The summed E-state index contributed by atoms with van der Waals surface area (Å²) in [5, 5.41) is 8.65. The molecule has 8 nitrogen and oxygen atoms in total. The van der Waals surface area contributed by atoms with E-state index in [9.17, 15) is 9.59 Å². The van der Waals surface area contributed by atoms with Crippen molar-refractivity contribution in [3.63, 3.8) is 0 Å². The monoisotopic (exact) mass is 212 g/mol. The molecule has 0 radical (unpaired) electrons. The van der Waals surface area contributed by atoms with Crippen molar-refractivity contribution >= 4 is 11.8 Å². The largest absolute Gasteiger partial charge is 0.370 e. The highest BCUT2D eigenvalue weighted by atomic mass is 16.2. The van der Waals surface area contributed by atoms with Gasteiger partial charge in [-0.25, -0.2) is 4.98 Å². The van der Waals surface area contributed by atoms with Gasteiger partial charge in [-0.05, 0) is 0 Å². The van der Waals surface area contributed by atoms with Gasteiger partial charge in [0.05, 0.1) is 19.0 Å². The fourth-order valence-electron chi connectivity index (χ4n) is 0.927. The molecule has 1 rings (SSSR count). The van der Waals surface area contributed by atoms with Gasteiger partial charge in [-0.2, -0.15) is 5.10 Å². The lowest BCUT2D eigenvalue weighted by atomic mass is 10.2. The highest BCUT2D eigenvalue weighted by Gasteiger charge is 2.15. The van der Waals surface area contributed by atoms with E-state index in [4.69, 9.17) is 11.5 Å². The predicted octanol–water partition coefficient (Wildman–Crippen LogP) is -2.38. The number of nitrogens with zero attached hydrogens (tertiary/aromatic N) is 2. The maximum absolute atomic E-state index is 11.3. The first kappa shape index (κ1) is 11.1. The van der Waals surface area contributed by atoms with Gasteiger partial charge in [0.2, 0.25) is 11.8 Å². The number of amides is 2. The number of hydrogen-bond donors (Lipinski definition) is 4. The molecule has 82 valence electrons. The molecule has 6 N–H and O–H groups in total. The zero-order chi connectivity index (χ0) is 11.3. The summed E-state index contributed by atoms with van der Waals surface area (Å²) >= 11 is 0. The topological polar surface area (TPSA) is 140 Å². The minimum absolute atomic E-state index is 0.178. The maximum atomic E-state index is 11.3. The lowest BCUT2D eigenvalue weighted by Gasteiger charge is -2.08. The summed E-state index contributed by atoms with van der Waals surface area (Å²) < 4.78 is 0. The summed E-state index contributed by atoms with van der Waals surface area (Å²) in [6.07, 6.45) is 1.15. The van der Waals surface area contributed by atoms with E-state index in [0.29, 0.717) is 5.82 Å². The van der Waals surface area contributed by atoms with Crippen LogP contribution in [0.25, 0.3) is 0 Å². The minimum Gasteiger partial charge on any atom is -0.370 e. The fourth-order valence-corrected chi connectivity index (χ4v) is 0.927. The zero-order valence-corrected chi connectivity index (χ0v) is 7.93. The second-order valence-electron chi connectivity index (χ2n) is 2.93. The van der Waals surface area contributed by atoms with Crippen LogP contribution < -0.4 is 16.8 Å².